The highest BCUT2D eigenvalue weighted by Gasteiger charge is 2.28. The van der Waals surface area contributed by atoms with Crippen molar-refractivity contribution in [2.45, 2.75) is 44.9 Å². The fraction of sp³-hybridized carbons (Fsp3) is 0.435. The number of Topliss-reactive ketones (excluding diaryl/α,β-unsaturated/α-hetero) is 2. The van der Waals surface area contributed by atoms with Crippen molar-refractivity contribution in [3.63, 3.8) is 0 Å². The molecule has 0 unspecified atom stereocenters. The number of anilines is 1. The number of amides is 1. The molecular weight excluding hydrogens is 444 g/mol. The molecule has 0 aliphatic carbocycles. The number of likely N-dealkylation sites (tertiary alicyclic amines) is 1. The maximum absolute atomic E-state index is 12.9. The van der Waals surface area contributed by atoms with Crippen molar-refractivity contribution in [3.05, 3.63) is 46.8 Å². The molecule has 1 aliphatic heterocycles. The lowest BCUT2D eigenvalue weighted by molar-refractivity contribution is -0.121. The largest absolute Gasteiger partial charge is 0.355 e. The van der Waals surface area contributed by atoms with Gasteiger partial charge in [-0.1, -0.05) is 6.92 Å². The first-order chi connectivity index (χ1) is 15.5. The van der Waals surface area contributed by atoms with Gasteiger partial charge in [0.15, 0.2) is 11.6 Å². The average Bonchev–Trinajstić information content (AvgIpc) is 3.10. The van der Waals surface area contributed by atoms with Gasteiger partial charge in [-0.25, -0.2) is 13.6 Å². The standard InChI is InChI=1S/C23H30N4O5S/c1-4-19-21(15(3)28)14(2)25-22(19)20(29)13-27-11-9-16(10-12-27)23(30)26-17-5-7-18(8-6-17)33(24,31)32/h5-8,16,25H,4,9-13H2,1-3H3,(H,26,30)(H2,24,31,32). The normalized spacial score (nSPS) is 15.4. The van der Waals surface area contributed by atoms with E-state index in [1.807, 2.05) is 11.8 Å². The van der Waals surface area contributed by atoms with E-state index in [0.29, 0.717) is 49.3 Å². The topological polar surface area (TPSA) is 142 Å². The molecule has 10 heteroatoms. The van der Waals surface area contributed by atoms with Gasteiger partial charge in [0.25, 0.3) is 0 Å². The zero-order chi connectivity index (χ0) is 24.3. The number of sulfonamides is 1. The van der Waals surface area contributed by atoms with Crippen LogP contribution >= 0.6 is 0 Å². The number of nitrogens with one attached hydrogen (secondary N) is 2. The maximum atomic E-state index is 12.9. The van der Waals surface area contributed by atoms with Crippen molar-refractivity contribution >= 4 is 33.2 Å². The average molecular weight is 475 g/mol. The predicted molar refractivity (Wildman–Crippen MR) is 125 cm³/mol. The number of nitrogens with zero attached hydrogens (tertiary/aromatic N) is 1. The molecule has 178 valence electrons. The summed E-state index contributed by atoms with van der Waals surface area (Å²) in [6.45, 7) is 6.68. The van der Waals surface area contributed by atoms with Gasteiger partial charge < -0.3 is 10.3 Å². The van der Waals surface area contributed by atoms with E-state index < -0.39 is 10.0 Å². The summed E-state index contributed by atoms with van der Waals surface area (Å²) in [7, 11) is -3.78. The third-order valence-corrected chi connectivity index (χ3v) is 6.98. The molecule has 9 nitrogen and oxygen atoms in total. The van der Waals surface area contributed by atoms with E-state index in [1.165, 1.54) is 31.2 Å². The van der Waals surface area contributed by atoms with Crippen LogP contribution in [0.3, 0.4) is 0 Å². The van der Waals surface area contributed by atoms with Gasteiger partial charge in [-0.05, 0) is 76.0 Å². The Morgan fingerprint density at radius 1 is 1.15 bits per heavy atom. The molecule has 1 aromatic carbocycles. The molecule has 0 atom stereocenters. The maximum Gasteiger partial charge on any atom is 0.238 e. The van der Waals surface area contributed by atoms with Gasteiger partial charge in [-0.15, -0.1) is 0 Å². The summed E-state index contributed by atoms with van der Waals surface area (Å²) in [4.78, 5) is 42.6. The lowest BCUT2D eigenvalue weighted by Gasteiger charge is -2.30. The third kappa shape index (κ3) is 5.76. The molecule has 0 spiro atoms. The van der Waals surface area contributed by atoms with Crippen LogP contribution in [0, 0.1) is 12.8 Å². The van der Waals surface area contributed by atoms with Crippen LogP contribution in [0.2, 0.25) is 0 Å². The van der Waals surface area contributed by atoms with Crippen molar-refractivity contribution in [3.8, 4) is 0 Å². The number of carbonyl (C=O) groups is 3. The summed E-state index contributed by atoms with van der Waals surface area (Å²) in [5, 5.41) is 7.90. The van der Waals surface area contributed by atoms with E-state index in [0.717, 1.165) is 11.3 Å². The second kappa shape index (κ2) is 9.98. The van der Waals surface area contributed by atoms with Gasteiger partial charge in [0.05, 0.1) is 17.1 Å². The number of rotatable bonds is 8. The van der Waals surface area contributed by atoms with E-state index in [-0.39, 0.29) is 34.8 Å². The Hall–Kier alpha value is -2.82. The van der Waals surface area contributed by atoms with E-state index >= 15 is 0 Å². The van der Waals surface area contributed by atoms with Crippen LogP contribution in [0.15, 0.2) is 29.2 Å². The smallest absolute Gasteiger partial charge is 0.238 e. The van der Waals surface area contributed by atoms with Crippen LogP contribution < -0.4 is 10.5 Å². The van der Waals surface area contributed by atoms with Gasteiger partial charge in [-0.2, -0.15) is 0 Å². The van der Waals surface area contributed by atoms with E-state index in [2.05, 4.69) is 10.3 Å². The first-order valence-electron chi connectivity index (χ1n) is 10.9. The van der Waals surface area contributed by atoms with Crippen LogP contribution in [0.25, 0.3) is 0 Å². The quantitative estimate of drug-likeness (QED) is 0.501. The molecule has 3 rings (SSSR count). The Morgan fingerprint density at radius 2 is 1.76 bits per heavy atom. The second-order valence-electron chi connectivity index (χ2n) is 8.42. The van der Waals surface area contributed by atoms with Crippen LogP contribution in [0.4, 0.5) is 5.69 Å². The first kappa shape index (κ1) is 24.8. The van der Waals surface area contributed by atoms with Crippen LogP contribution in [-0.4, -0.2) is 55.4 Å². The minimum Gasteiger partial charge on any atom is -0.355 e. The van der Waals surface area contributed by atoms with Gasteiger partial charge in [0.1, 0.15) is 0 Å². The highest BCUT2D eigenvalue weighted by molar-refractivity contribution is 7.89. The number of primary sulfonamides is 1. The summed E-state index contributed by atoms with van der Waals surface area (Å²) in [6.07, 6.45) is 1.82. The summed E-state index contributed by atoms with van der Waals surface area (Å²) in [5.41, 5.74) is 3.10. The number of carbonyl (C=O) groups excluding carboxylic acids is 3. The zero-order valence-corrected chi connectivity index (χ0v) is 19.9. The molecule has 1 aliphatic rings. The van der Waals surface area contributed by atoms with E-state index in [1.54, 1.807) is 6.92 Å². The van der Waals surface area contributed by atoms with E-state index in [4.69, 9.17) is 5.14 Å². The molecule has 0 radical (unpaired) electrons. The fourth-order valence-electron chi connectivity index (χ4n) is 4.35. The number of ketones is 2. The van der Waals surface area contributed by atoms with Gasteiger partial charge in [0.2, 0.25) is 15.9 Å². The molecule has 0 bridgehead atoms. The number of piperidine rings is 1. The SMILES string of the molecule is CCc1c(C(=O)CN2CCC(C(=O)Nc3ccc(S(N)(=O)=O)cc3)CC2)[nH]c(C)c1C(C)=O. The Morgan fingerprint density at radius 3 is 2.27 bits per heavy atom. The third-order valence-electron chi connectivity index (χ3n) is 6.05. The van der Waals surface area contributed by atoms with Crippen molar-refractivity contribution in [2.75, 3.05) is 25.0 Å². The van der Waals surface area contributed by atoms with Gasteiger partial charge in [0, 0.05) is 22.9 Å². The Kier molecular flexibility index (Phi) is 7.51. The number of aromatic nitrogens is 1. The van der Waals surface area contributed by atoms with Crippen molar-refractivity contribution < 1.29 is 22.8 Å². The zero-order valence-electron chi connectivity index (χ0n) is 19.1. The summed E-state index contributed by atoms with van der Waals surface area (Å²) >= 11 is 0. The molecule has 1 amide bonds. The number of H-pyrrole nitrogens is 1. The number of aromatic amines is 1. The molecule has 2 aromatic rings. The molecule has 1 fully saturated rings. The molecule has 0 saturated carbocycles. The minimum absolute atomic E-state index is 0.0163. The summed E-state index contributed by atoms with van der Waals surface area (Å²) < 4.78 is 22.7. The lowest BCUT2D eigenvalue weighted by atomic mass is 9.95. The monoisotopic (exact) mass is 474 g/mol. The molecule has 33 heavy (non-hydrogen) atoms. The fourth-order valence-corrected chi connectivity index (χ4v) is 4.87. The Balaban J connectivity index is 1.56. The van der Waals surface area contributed by atoms with Gasteiger partial charge >= 0.3 is 0 Å². The van der Waals surface area contributed by atoms with Gasteiger partial charge in [-0.3, -0.25) is 19.3 Å². The van der Waals surface area contributed by atoms with E-state index in [9.17, 15) is 22.8 Å². The number of benzene rings is 1. The van der Waals surface area contributed by atoms with Crippen LogP contribution in [0.1, 0.15) is 58.8 Å². The predicted octanol–water partition coefficient (Wildman–Crippen LogP) is 2.27. The molecule has 4 N–H and O–H groups in total. The van der Waals surface area contributed by atoms with Crippen LogP contribution in [0.5, 0.6) is 0 Å². The molecule has 1 aromatic heterocycles. The van der Waals surface area contributed by atoms with Crippen molar-refractivity contribution in [1.82, 2.24) is 9.88 Å². The van der Waals surface area contributed by atoms with Crippen molar-refractivity contribution in [2.24, 2.45) is 11.1 Å². The number of aryl methyl sites for hydroxylation is 1. The second-order valence-corrected chi connectivity index (χ2v) is 9.98. The Labute approximate surface area is 193 Å². The number of hydrogen-bond donors (Lipinski definition) is 3. The highest BCUT2D eigenvalue weighted by atomic mass is 32.2. The number of nitrogens with two attached hydrogens (primary N) is 1. The molecule has 1 saturated heterocycles. The number of hydrogen-bond acceptors (Lipinski definition) is 6. The first-order valence-corrected chi connectivity index (χ1v) is 12.5. The van der Waals surface area contributed by atoms with Crippen LogP contribution in [-0.2, 0) is 21.2 Å². The minimum atomic E-state index is -3.78. The molecular formula is C23H30N4O5S. The lowest BCUT2D eigenvalue weighted by Crippen LogP contribution is -2.40. The van der Waals surface area contributed by atoms with Crippen molar-refractivity contribution in [1.29, 1.82) is 0 Å². The Bertz CT molecular complexity index is 1160. The highest BCUT2D eigenvalue weighted by Crippen LogP contribution is 2.23. The summed E-state index contributed by atoms with van der Waals surface area (Å²) in [6, 6.07) is 5.71. The summed E-state index contributed by atoms with van der Waals surface area (Å²) in [5.74, 6) is -0.438. The molecule has 2 heterocycles.